The minimum Gasteiger partial charge on any atom is -0.265 e. The summed E-state index contributed by atoms with van der Waals surface area (Å²) in [5.41, 5.74) is 0.829. The number of nitrogens with zero attached hydrogens (tertiary/aromatic N) is 1. The number of pyridine rings is 1. The fourth-order valence-corrected chi connectivity index (χ4v) is 1.08. The Labute approximate surface area is 71.7 Å². The van der Waals surface area contributed by atoms with Crippen LogP contribution in [0.1, 0.15) is 5.56 Å². The molecule has 1 heterocycles. The molecule has 0 atom stereocenters. The van der Waals surface area contributed by atoms with Crippen LogP contribution in [0.3, 0.4) is 0 Å². The highest BCUT2D eigenvalue weighted by Crippen LogP contribution is 2.00. The van der Waals surface area contributed by atoms with Crippen molar-refractivity contribution in [2.75, 3.05) is 6.26 Å². The normalized spacial score (nSPS) is 12.1. The number of hydrogen-bond acceptors (Lipinski definition) is 3. The lowest BCUT2D eigenvalue weighted by molar-refractivity contribution is 0.610. The zero-order chi connectivity index (χ0) is 9.03. The largest absolute Gasteiger partial charge is 0.265 e. The Morgan fingerprint density at radius 2 is 1.92 bits per heavy atom. The quantitative estimate of drug-likeness (QED) is 0.689. The average Bonchev–Trinajstić information content (AvgIpc) is 2.02. The molecular formula is C8H9NO2S. The van der Waals surface area contributed by atoms with Gasteiger partial charge in [0.25, 0.3) is 0 Å². The van der Waals surface area contributed by atoms with Gasteiger partial charge < -0.3 is 0 Å². The van der Waals surface area contributed by atoms with E-state index in [1.807, 2.05) is 0 Å². The minimum atomic E-state index is -3.02. The summed E-state index contributed by atoms with van der Waals surface area (Å²) in [6.07, 6.45) is 5.92. The van der Waals surface area contributed by atoms with E-state index in [2.05, 4.69) is 4.98 Å². The first-order valence-electron chi connectivity index (χ1n) is 3.36. The predicted molar refractivity (Wildman–Crippen MR) is 48.1 cm³/mol. The molecule has 12 heavy (non-hydrogen) atoms. The summed E-state index contributed by atoms with van der Waals surface area (Å²) in [5.74, 6) is 0. The summed E-state index contributed by atoms with van der Waals surface area (Å²) in [4.78, 5) is 3.81. The number of rotatable bonds is 2. The molecule has 0 amide bonds. The molecule has 0 aliphatic carbocycles. The maximum absolute atomic E-state index is 10.7. The lowest BCUT2D eigenvalue weighted by Gasteiger charge is -1.89. The van der Waals surface area contributed by atoms with Gasteiger partial charge in [-0.25, -0.2) is 8.42 Å². The SMILES string of the molecule is CS(=O)(=O)/C=C/c1ccncc1. The second kappa shape index (κ2) is 3.49. The van der Waals surface area contributed by atoms with Gasteiger partial charge >= 0.3 is 0 Å². The molecule has 1 aromatic heterocycles. The van der Waals surface area contributed by atoms with Crippen molar-refractivity contribution in [3.05, 3.63) is 35.5 Å². The standard InChI is InChI=1S/C8H9NO2S/c1-12(10,11)7-4-8-2-5-9-6-3-8/h2-7H,1H3/b7-4+. The molecule has 64 valence electrons. The van der Waals surface area contributed by atoms with Crippen molar-refractivity contribution in [3.63, 3.8) is 0 Å². The van der Waals surface area contributed by atoms with E-state index in [-0.39, 0.29) is 0 Å². The molecule has 0 fully saturated rings. The van der Waals surface area contributed by atoms with E-state index in [0.29, 0.717) is 0 Å². The highest BCUT2D eigenvalue weighted by molar-refractivity contribution is 7.93. The van der Waals surface area contributed by atoms with Crippen molar-refractivity contribution in [1.29, 1.82) is 0 Å². The molecule has 0 saturated heterocycles. The topological polar surface area (TPSA) is 47.0 Å². The fraction of sp³-hybridized carbons (Fsp3) is 0.125. The fourth-order valence-electron chi connectivity index (χ4n) is 0.677. The van der Waals surface area contributed by atoms with E-state index in [0.717, 1.165) is 11.8 Å². The summed E-state index contributed by atoms with van der Waals surface area (Å²) >= 11 is 0. The second-order valence-corrected chi connectivity index (χ2v) is 4.34. The Hall–Kier alpha value is -1.16. The van der Waals surface area contributed by atoms with E-state index < -0.39 is 9.84 Å². The first-order valence-corrected chi connectivity index (χ1v) is 5.31. The summed E-state index contributed by atoms with van der Waals surface area (Å²) in [7, 11) is -3.02. The van der Waals surface area contributed by atoms with Crippen LogP contribution in [-0.2, 0) is 9.84 Å². The van der Waals surface area contributed by atoms with Gasteiger partial charge in [-0.05, 0) is 23.8 Å². The molecule has 3 nitrogen and oxygen atoms in total. The van der Waals surface area contributed by atoms with Gasteiger partial charge in [0, 0.05) is 24.1 Å². The van der Waals surface area contributed by atoms with Gasteiger partial charge in [0.15, 0.2) is 9.84 Å². The Balaban J connectivity index is 2.85. The monoisotopic (exact) mass is 183 g/mol. The zero-order valence-corrected chi connectivity index (χ0v) is 7.45. The molecule has 4 heteroatoms. The highest BCUT2D eigenvalue weighted by atomic mass is 32.2. The molecular weight excluding hydrogens is 174 g/mol. The van der Waals surface area contributed by atoms with E-state index in [1.165, 1.54) is 11.5 Å². The summed E-state index contributed by atoms with van der Waals surface area (Å²) < 4.78 is 21.4. The van der Waals surface area contributed by atoms with Crippen molar-refractivity contribution in [2.24, 2.45) is 0 Å². The van der Waals surface area contributed by atoms with Crippen LogP contribution >= 0.6 is 0 Å². The Morgan fingerprint density at radius 1 is 1.33 bits per heavy atom. The highest BCUT2D eigenvalue weighted by Gasteiger charge is 1.92. The molecule has 0 radical (unpaired) electrons. The summed E-state index contributed by atoms with van der Waals surface area (Å²) in [5, 5.41) is 1.17. The summed E-state index contributed by atoms with van der Waals surface area (Å²) in [6, 6.07) is 3.48. The molecule has 0 aromatic carbocycles. The first-order chi connectivity index (χ1) is 5.58. The molecule has 0 bridgehead atoms. The third kappa shape index (κ3) is 3.30. The number of hydrogen-bond donors (Lipinski definition) is 0. The maximum atomic E-state index is 10.7. The van der Waals surface area contributed by atoms with Gasteiger partial charge in [0.2, 0.25) is 0 Å². The Morgan fingerprint density at radius 3 is 2.42 bits per heavy atom. The van der Waals surface area contributed by atoms with Crippen LogP contribution < -0.4 is 0 Å². The van der Waals surface area contributed by atoms with Gasteiger partial charge in [-0.3, -0.25) is 4.98 Å². The summed E-state index contributed by atoms with van der Waals surface area (Å²) in [6.45, 7) is 0. The zero-order valence-electron chi connectivity index (χ0n) is 6.64. The van der Waals surface area contributed by atoms with E-state index in [1.54, 1.807) is 24.5 Å². The second-order valence-electron chi connectivity index (χ2n) is 2.41. The van der Waals surface area contributed by atoms with Gasteiger partial charge in [-0.1, -0.05) is 0 Å². The van der Waals surface area contributed by atoms with Crippen LogP contribution in [-0.4, -0.2) is 19.7 Å². The van der Waals surface area contributed by atoms with Crippen LogP contribution in [0.25, 0.3) is 6.08 Å². The molecule has 0 N–H and O–H groups in total. The van der Waals surface area contributed by atoms with Crippen LogP contribution in [0.4, 0.5) is 0 Å². The van der Waals surface area contributed by atoms with Crippen LogP contribution in [0, 0.1) is 0 Å². The molecule has 1 aromatic rings. The van der Waals surface area contributed by atoms with Gasteiger partial charge in [0.1, 0.15) is 0 Å². The van der Waals surface area contributed by atoms with E-state index >= 15 is 0 Å². The van der Waals surface area contributed by atoms with Gasteiger partial charge in [0.05, 0.1) is 0 Å². The number of sulfone groups is 1. The molecule has 0 saturated carbocycles. The molecule has 0 aliphatic heterocycles. The van der Waals surface area contributed by atoms with Crippen molar-refractivity contribution in [3.8, 4) is 0 Å². The van der Waals surface area contributed by atoms with Crippen LogP contribution in [0.5, 0.6) is 0 Å². The minimum absolute atomic E-state index is 0.829. The maximum Gasteiger partial charge on any atom is 0.168 e. The molecule has 0 aliphatic rings. The lowest BCUT2D eigenvalue weighted by Crippen LogP contribution is -1.87. The van der Waals surface area contributed by atoms with Crippen molar-refractivity contribution >= 4 is 15.9 Å². The van der Waals surface area contributed by atoms with Crippen molar-refractivity contribution in [2.45, 2.75) is 0 Å². The Kier molecular flexibility index (Phi) is 2.60. The average molecular weight is 183 g/mol. The van der Waals surface area contributed by atoms with E-state index in [4.69, 9.17) is 0 Å². The van der Waals surface area contributed by atoms with Crippen molar-refractivity contribution in [1.82, 2.24) is 4.98 Å². The van der Waals surface area contributed by atoms with E-state index in [9.17, 15) is 8.42 Å². The molecule has 0 unspecified atom stereocenters. The third-order valence-corrected chi connectivity index (χ3v) is 1.84. The van der Waals surface area contributed by atoms with Crippen LogP contribution in [0.15, 0.2) is 29.9 Å². The number of aromatic nitrogens is 1. The van der Waals surface area contributed by atoms with Gasteiger partial charge in [-0.15, -0.1) is 0 Å². The lowest BCUT2D eigenvalue weighted by atomic mass is 10.3. The van der Waals surface area contributed by atoms with Gasteiger partial charge in [-0.2, -0.15) is 0 Å². The predicted octanol–water partition coefficient (Wildman–Crippen LogP) is 1.10. The van der Waals surface area contributed by atoms with Crippen LogP contribution in [0.2, 0.25) is 0 Å². The third-order valence-electron chi connectivity index (χ3n) is 1.21. The van der Waals surface area contributed by atoms with Crippen molar-refractivity contribution < 1.29 is 8.42 Å². The molecule has 1 rings (SSSR count). The molecule has 0 spiro atoms. The first kappa shape index (κ1) is 8.93. The Bertz CT molecular complexity index is 367. The smallest absolute Gasteiger partial charge is 0.168 e.